The van der Waals surface area contributed by atoms with E-state index >= 15 is 0 Å². The summed E-state index contributed by atoms with van der Waals surface area (Å²) in [5.41, 5.74) is 1.12. The van der Waals surface area contributed by atoms with Gasteiger partial charge in [-0.2, -0.15) is 0 Å². The summed E-state index contributed by atoms with van der Waals surface area (Å²) >= 11 is 0. The Kier molecular flexibility index (Phi) is 4.30. The van der Waals surface area contributed by atoms with Gasteiger partial charge in [-0.1, -0.05) is 12.1 Å². The minimum Gasteiger partial charge on any atom is -0.399 e. The topological polar surface area (TPSA) is 59.0 Å². The van der Waals surface area contributed by atoms with Gasteiger partial charge in [-0.15, -0.1) is 0 Å². The van der Waals surface area contributed by atoms with Crippen molar-refractivity contribution in [3.8, 4) is 0 Å². The molecule has 1 aromatic rings. The van der Waals surface area contributed by atoms with E-state index in [0.29, 0.717) is 19.5 Å². The van der Waals surface area contributed by atoms with Gasteiger partial charge < -0.3 is 19.3 Å². The minimum absolute atomic E-state index is 0.0275. The van der Waals surface area contributed by atoms with Gasteiger partial charge >= 0.3 is 7.12 Å². The summed E-state index contributed by atoms with van der Waals surface area (Å²) in [7, 11) is -0.421. The number of hydrogen-bond acceptors (Lipinski definition) is 4. The van der Waals surface area contributed by atoms with E-state index < -0.39 is 12.7 Å². The number of amides is 1. The van der Waals surface area contributed by atoms with E-state index in [2.05, 4.69) is 0 Å². The van der Waals surface area contributed by atoms with Crippen molar-refractivity contribution in [1.29, 1.82) is 0 Å². The Bertz CT molecular complexity index is 677. The van der Waals surface area contributed by atoms with E-state index in [9.17, 15) is 9.90 Å². The highest BCUT2D eigenvalue weighted by Gasteiger charge is 2.51. The second-order valence-electron chi connectivity index (χ2n) is 8.79. The van der Waals surface area contributed by atoms with Crippen molar-refractivity contribution in [1.82, 2.24) is 4.90 Å². The Morgan fingerprint density at radius 1 is 1.20 bits per heavy atom. The van der Waals surface area contributed by atoms with Gasteiger partial charge in [0.1, 0.15) is 0 Å². The maximum atomic E-state index is 12.5. The fraction of sp³-hybridized carbons (Fsp3) is 0.632. The van der Waals surface area contributed by atoms with Gasteiger partial charge in [-0.25, -0.2) is 0 Å². The summed E-state index contributed by atoms with van der Waals surface area (Å²) in [6, 6.07) is 5.79. The van der Waals surface area contributed by atoms with Crippen molar-refractivity contribution in [3.63, 3.8) is 0 Å². The molecule has 5 nitrogen and oxygen atoms in total. The summed E-state index contributed by atoms with van der Waals surface area (Å²) < 4.78 is 12.2. The molecular weight excluding hydrogens is 317 g/mol. The van der Waals surface area contributed by atoms with Gasteiger partial charge in [-0.05, 0) is 65.1 Å². The smallest absolute Gasteiger partial charge is 0.399 e. The SMILES string of the molecule is CC(C)(O)CCN1Cc2cc(B3OC(C)(C)C(C)(C)O3)ccc2C1=O. The number of rotatable bonds is 4. The van der Waals surface area contributed by atoms with Crippen LogP contribution in [-0.4, -0.2) is 46.4 Å². The van der Waals surface area contributed by atoms with Gasteiger partial charge in [0.25, 0.3) is 5.91 Å². The lowest BCUT2D eigenvalue weighted by Crippen LogP contribution is -2.41. The fourth-order valence-electron chi connectivity index (χ4n) is 3.12. The van der Waals surface area contributed by atoms with Crippen molar-refractivity contribution in [2.45, 2.75) is 71.3 Å². The Morgan fingerprint density at radius 2 is 1.80 bits per heavy atom. The Hall–Kier alpha value is -1.37. The van der Waals surface area contributed by atoms with Gasteiger partial charge in [0.05, 0.1) is 16.8 Å². The molecular formula is C19H28BNO4. The maximum Gasteiger partial charge on any atom is 0.494 e. The van der Waals surface area contributed by atoms with Crippen LogP contribution in [-0.2, 0) is 15.9 Å². The molecule has 0 spiro atoms. The Balaban J connectivity index is 1.77. The van der Waals surface area contributed by atoms with E-state index in [1.807, 2.05) is 45.9 Å². The molecule has 136 valence electrons. The predicted octanol–water partition coefficient (Wildman–Crippen LogP) is 2.10. The summed E-state index contributed by atoms with van der Waals surface area (Å²) in [6.07, 6.45) is 0.552. The quantitative estimate of drug-likeness (QED) is 0.849. The van der Waals surface area contributed by atoms with Crippen LogP contribution in [0, 0.1) is 0 Å². The summed E-state index contributed by atoms with van der Waals surface area (Å²) in [6.45, 7) is 12.8. The second kappa shape index (κ2) is 5.83. The first-order chi connectivity index (χ1) is 11.4. The molecule has 2 aliphatic rings. The number of carbonyl (C=O) groups is 1. The molecule has 25 heavy (non-hydrogen) atoms. The molecule has 1 amide bonds. The molecule has 0 bridgehead atoms. The normalized spacial score (nSPS) is 21.8. The Labute approximate surface area is 150 Å². The number of aliphatic hydroxyl groups is 1. The third-order valence-corrected chi connectivity index (χ3v) is 5.53. The van der Waals surface area contributed by atoms with Crippen LogP contribution in [0.1, 0.15) is 63.9 Å². The highest BCUT2D eigenvalue weighted by atomic mass is 16.7. The minimum atomic E-state index is -0.775. The molecule has 0 aliphatic carbocycles. The fourth-order valence-corrected chi connectivity index (χ4v) is 3.12. The number of fused-ring (bicyclic) bond motifs is 1. The summed E-state index contributed by atoms with van der Waals surface area (Å²) in [5.74, 6) is 0.0275. The predicted molar refractivity (Wildman–Crippen MR) is 97.8 cm³/mol. The molecule has 1 fully saturated rings. The molecule has 2 aliphatic heterocycles. The molecule has 2 heterocycles. The molecule has 0 radical (unpaired) electrons. The highest BCUT2D eigenvalue weighted by Crippen LogP contribution is 2.36. The number of hydrogen-bond donors (Lipinski definition) is 1. The lowest BCUT2D eigenvalue weighted by Gasteiger charge is -2.32. The molecule has 0 aromatic heterocycles. The third-order valence-electron chi connectivity index (χ3n) is 5.53. The standard InChI is InChI=1S/C19H28BNO4/c1-17(2,23)9-10-21-12-13-11-14(7-8-15(13)16(21)22)20-24-18(3,4)19(5,6)25-20/h7-8,11,23H,9-10,12H2,1-6H3. The van der Waals surface area contributed by atoms with Crippen LogP contribution in [0.2, 0.25) is 0 Å². The van der Waals surface area contributed by atoms with Gasteiger partial charge in [-0.3, -0.25) is 4.79 Å². The van der Waals surface area contributed by atoms with Crippen LogP contribution in [0.15, 0.2) is 18.2 Å². The van der Waals surface area contributed by atoms with Gasteiger partial charge in [0, 0.05) is 18.7 Å². The molecule has 6 heteroatoms. The average molecular weight is 345 g/mol. The number of carbonyl (C=O) groups excluding carboxylic acids is 1. The van der Waals surface area contributed by atoms with Crippen LogP contribution >= 0.6 is 0 Å². The van der Waals surface area contributed by atoms with Crippen LogP contribution in [0.5, 0.6) is 0 Å². The van der Waals surface area contributed by atoms with E-state index in [1.54, 1.807) is 18.7 Å². The lowest BCUT2D eigenvalue weighted by molar-refractivity contribution is 0.00578. The molecule has 1 saturated heterocycles. The second-order valence-corrected chi connectivity index (χ2v) is 8.79. The highest BCUT2D eigenvalue weighted by molar-refractivity contribution is 6.62. The zero-order valence-corrected chi connectivity index (χ0v) is 16.0. The summed E-state index contributed by atoms with van der Waals surface area (Å²) in [5, 5.41) is 9.90. The van der Waals surface area contributed by atoms with E-state index in [0.717, 1.165) is 16.6 Å². The van der Waals surface area contributed by atoms with Gasteiger partial charge in [0.15, 0.2) is 0 Å². The Morgan fingerprint density at radius 3 is 2.36 bits per heavy atom. The first kappa shape index (κ1) is 18.4. The number of nitrogens with zero attached hydrogens (tertiary/aromatic N) is 1. The van der Waals surface area contributed by atoms with Crippen molar-refractivity contribution in [2.75, 3.05) is 6.54 Å². The number of benzene rings is 1. The van der Waals surface area contributed by atoms with Crippen molar-refractivity contribution in [2.24, 2.45) is 0 Å². The molecule has 3 rings (SSSR count). The maximum absolute atomic E-state index is 12.5. The zero-order chi connectivity index (χ0) is 18.6. The first-order valence-corrected chi connectivity index (χ1v) is 8.90. The van der Waals surface area contributed by atoms with E-state index in [-0.39, 0.29) is 17.1 Å². The van der Waals surface area contributed by atoms with Crippen LogP contribution in [0.4, 0.5) is 0 Å². The lowest BCUT2D eigenvalue weighted by atomic mass is 9.78. The van der Waals surface area contributed by atoms with Crippen LogP contribution in [0.25, 0.3) is 0 Å². The van der Waals surface area contributed by atoms with Crippen molar-refractivity contribution < 1.29 is 19.2 Å². The largest absolute Gasteiger partial charge is 0.494 e. The van der Waals surface area contributed by atoms with Crippen molar-refractivity contribution in [3.05, 3.63) is 29.3 Å². The van der Waals surface area contributed by atoms with Crippen molar-refractivity contribution >= 4 is 18.5 Å². The average Bonchev–Trinajstić information content (AvgIpc) is 2.90. The zero-order valence-electron chi connectivity index (χ0n) is 16.0. The summed E-state index contributed by atoms with van der Waals surface area (Å²) in [4.78, 5) is 14.3. The van der Waals surface area contributed by atoms with Crippen LogP contribution in [0.3, 0.4) is 0 Å². The van der Waals surface area contributed by atoms with E-state index in [4.69, 9.17) is 9.31 Å². The molecule has 1 N–H and O–H groups in total. The molecule has 1 aromatic carbocycles. The molecule has 0 unspecified atom stereocenters. The third kappa shape index (κ3) is 3.48. The van der Waals surface area contributed by atoms with Crippen LogP contribution < -0.4 is 5.46 Å². The monoisotopic (exact) mass is 345 g/mol. The molecule has 0 atom stereocenters. The van der Waals surface area contributed by atoms with E-state index in [1.165, 1.54) is 0 Å². The van der Waals surface area contributed by atoms with Gasteiger partial charge in [0.2, 0.25) is 0 Å². The molecule has 0 saturated carbocycles. The first-order valence-electron chi connectivity index (χ1n) is 8.90.